The molecule has 1 fully saturated rings. The van der Waals surface area contributed by atoms with E-state index in [0.717, 1.165) is 42.7 Å². The Labute approximate surface area is 225 Å². The molecule has 0 spiro atoms. The lowest BCUT2D eigenvalue weighted by Gasteiger charge is -2.31. The maximum absolute atomic E-state index is 13.8. The summed E-state index contributed by atoms with van der Waals surface area (Å²) in [7, 11) is -2.08. The molecule has 2 N–H and O–H groups in total. The van der Waals surface area contributed by atoms with Crippen LogP contribution in [0.3, 0.4) is 0 Å². The molecule has 1 aliphatic heterocycles. The first-order valence-corrected chi connectivity index (χ1v) is 13.8. The molecule has 210 valence electrons. The van der Waals surface area contributed by atoms with Crippen LogP contribution in [0.25, 0.3) is 0 Å². The summed E-state index contributed by atoms with van der Waals surface area (Å²) < 4.78 is 64.7. The molecule has 1 saturated carbocycles. The van der Waals surface area contributed by atoms with Crippen molar-refractivity contribution in [3.8, 4) is 11.5 Å². The second kappa shape index (κ2) is 12.1. The predicted octanol–water partition coefficient (Wildman–Crippen LogP) is 3.60. The number of ether oxygens (including phenoxy) is 2. The van der Waals surface area contributed by atoms with Gasteiger partial charge in [0.15, 0.2) is 11.5 Å². The minimum Gasteiger partial charge on any atom is -0.454 e. The van der Waals surface area contributed by atoms with Gasteiger partial charge in [-0.3, -0.25) is 23.5 Å². The zero-order valence-corrected chi connectivity index (χ0v) is 21.9. The summed E-state index contributed by atoms with van der Waals surface area (Å²) in [5, 5.41) is 5.34. The molecule has 1 heterocycles. The van der Waals surface area contributed by atoms with E-state index in [-0.39, 0.29) is 12.8 Å². The quantitative estimate of drug-likeness (QED) is 0.479. The molecule has 2 aliphatic rings. The van der Waals surface area contributed by atoms with E-state index in [0.29, 0.717) is 17.2 Å². The number of anilines is 2. The van der Waals surface area contributed by atoms with E-state index in [4.69, 9.17) is 9.47 Å². The van der Waals surface area contributed by atoms with Crippen molar-refractivity contribution in [2.45, 2.75) is 50.9 Å². The summed E-state index contributed by atoms with van der Waals surface area (Å²) in [4.78, 5) is 39.5. The molecule has 0 saturated heterocycles. The van der Waals surface area contributed by atoms with Crippen LogP contribution in [0.2, 0.25) is 0 Å². The molecule has 0 radical (unpaired) electrons. The van der Waals surface area contributed by atoms with Crippen LogP contribution in [-0.2, 0) is 31.4 Å². The number of benzene rings is 2. The average Bonchev–Trinajstić information content (AvgIpc) is 3.55. The Bertz CT molecular complexity index is 1270. The van der Waals surface area contributed by atoms with Gasteiger partial charge < -0.3 is 20.1 Å². The van der Waals surface area contributed by atoms with E-state index in [2.05, 4.69) is 10.6 Å². The smallest absolute Gasteiger partial charge is 0.418 e. The van der Waals surface area contributed by atoms with Crippen molar-refractivity contribution in [2.24, 2.45) is 0 Å². The minimum atomic E-state index is -4.81. The van der Waals surface area contributed by atoms with E-state index in [1.165, 1.54) is 25.1 Å². The van der Waals surface area contributed by atoms with Gasteiger partial charge in [-0.25, -0.2) is 0 Å². The third kappa shape index (κ3) is 7.08. The van der Waals surface area contributed by atoms with Crippen LogP contribution >= 0.6 is 0 Å². The van der Waals surface area contributed by atoms with Crippen molar-refractivity contribution >= 4 is 39.9 Å². The summed E-state index contributed by atoms with van der Waals surface area (Å²) >= 11 is 0. The highest BCUT2D eigenvalue weighted by Crippen LogP contribution is 2.37. The first-order chi connectivity index (χ1) is 18.5. The van der Waals surface area contributed by atoms with E-state index in [1.807, 2.05) is 0 Å². The number of carbonyl (C=O) groups is 3. The molecule has 3 amide bonds. The molecule has 13 heteroatoms. The molecular formula is C26H28F3N3O6S. The topological polar surface area (TPSA) is 114 Å². The van der Waals surface area contributed by atoms with E-state index < -0.39 is 63.5 Å². The molecule has 9 nitrogen and oxygen atoms in total. The van der Waals surface area contributed by atoms with E-state index in [1.54, 1.807) is 12.1 Å². The van der Waals surface area contributed by atoms with Crippen LogP contribution < -0.4 is 25.0 Å². The molecule has 2 aromatic carbocycles. The van der Waals surface area contributed by atoms with Gasteiger partial charge in [0.05, 0.1) is 11.3 Å². The number of para-hydroxylation sites is 1. The summed E-state index contributed by atoms with van der Waals surface area (Å²) in [5.74, 6) is -2.68. The summed E-state index contributed by atoms with van der Waals surface area (Å²) in [6.45, 7) is 1.37. The van der Waals surface area contributed by atoms with Gasteiger partial charge in [0.25, 0.3) is 0 Å². The van der Waals surface area contributed by atoms with Gasteiger partial charge in [-0.15, -0.1) is 0 Å². The van der Waals surface area contributed by atoms with Crippen LogP contribution in [0.4, 0.5) is 24.5 Å². The zero-order chi connectivity index (χ0) is 28.2. The van der Waals surface area contributed by atoms with Crippen LogP contribution in [0.5, 0.6) is 11.5 Å². The molecule has 1 aliphatic carbocycles. The first kappa shape index (κ1) is 28.4. The van der Waals surface area contributed by atoms with E-state index in [9.17, 15) is 31.8 Å². The Morgan fingerprint density at radius 2 is 1.74 bits per heavy atom. The van der Waals surface area contributed by atoms with Crippen molar-refractivity contribution in [2.75, 3.05) is 28.5 Å². The lowest BCUT2D eigenvalue weighted by Crippen LogP contribution is -2.52. The highest BCUT2D eigenvalue weighted by Gasteiger charge is 2.39. The van der Waals surface area contributed by atoms with Crippen molar-refractivity contribution in [1.29, 1.82) is 0 Å². The monoisotopic (exact) mass is 567 g/mol. The van der Waals surface area contributed by atoms with Gasteiger partial charge in [-0.1, -0.05) is 25.0 Å². The van der Waals surface area contributed by atoms with Crippen molar-refractivity contribution in [3.63, 3.8) is 0 Å². The lowest BCUT2D eigenvalue weighted by molar-refractivity contribution is -0.137. The Morgan fingerprint density at radius 3 is 2.46 bits per heavy atom. The van der Waals surface area contributed by atoms with Gasteiger partial charge in [0.1, 0.15) is 17.5 Å². The average molecular weight is 568 g/mol. The molecular weight excluding hydrogens is 539 g/mol. The Kier molecular flexibility index (Phi) is 8.78. The Hall–Kier alpha value is -3.61. The number of nitrogens with one attached hydrogen (secondary N) is 2. The molecule has 2 unspecified atom stereocenters. The van der Waals surface area contributed by atoms with Crippen molar-refractivity contribution in [1.82, 2.24) is 5.32 Å². The van der Waals surface area contributed by atoms with Crippen molar-refractivity contribution in [3.05, 3.63) is 48.0 Å². The third-order valence-electron chi connectivity index (χ3n) is 6.44. The number of nitrogens with zero attached hydrogens (tertiary/aromatic N) is 1. The van der Waals surface area contributed by atoms with Gasteiger partial charge in [-0.2, -0.15) is 13.2 Å². The summed E-state index contributed by atoms with van der Waals surface area (Å²) in [6, 6.07) is 7.63. The maximum atomic E-state index is 13.8. The highest BCUT2D eigenvalue weighted by molar-refractivity contribution is 7.86. The fraction of sp³-hybridized carbons (Fsp3) is 0.423. The largest absolute Gasteiger partial charge is 0.454 e. The molecule has 2 atom stereocenters. The predicted molar refractivity (Wildman–Crippen MR) is 138 cm³/mol. The number of hydrogen-bond acceptors (Lipinski definition) is 6. The summed E-state index contributed by atoms with van der Waals surface area (Å²) in [6.07, 6.45) is -1.47. The number of carbonyl (C=O) groups excluding carboxylic acids is 3. The van der Waals surface area contributed by atoms with Crippen LogP contribution in [0.15, 0.2) is 42.5 Å². The van der Waals surface area contributed by atoms with Crippen LogP contribution in [0.1, 0.15) is 38.2 Å². The first-order valence-electron chi connectivity index (χ1n) is 12.4. The van der Waals surface area contributed by atoms with Crippen LogP contribution in [-0.4, -0.2) is 52.3 Å². The van der Waals surface area contributed by atoms with E-state index >= 15 is 0 Å². The third-order valence-corrected chi connectivity index (χ3v) is 7.59. The zero-order valence-electron chi connectivity index (χ0n) is 21.1. The number of amides is 3. The number of fused-ring (bicyclic) bond motifs is 1. The normalized spacial score (nSPS) is 16.4. The Morgan fingerprint density at radius 1 is 1.05 bits per heavy atom. The second-order valence-corrected chi connectivity index (χ2v) is 10.7. The highest BCUT2D eigenvalue weighted by atomic mass is 32.2. The number of halogens is 3. The molecule has 4 rings (SSSR count). The lowest BCUT2D eigenvalue weighted by atomic mass is 10.1. The Balaban J connectivity index is 1.48. The SMILES string of the molecule is CC(C(=O)NC1CCCC1)N(C(=O)CS(=O)CC(=O)Nc1ccc2c(c1)OCO2)c1ccccc1C(F)(F)F. The van der Waals surface area contributed by atoms with Gasteiger partial charge in [0.2, 0.25) is 24.5 Å². The maximum Gasteiger partial charge on any atom is 0.418 e. The summed E-state index contributed by atoms with van der Waals surface area (Å²) in [5.41, 5.74) is -1.28. The molecule has 0 bridgehead atoms. The van der Waals surface area contributed by atoms with Crippen molar-refractivity contribution < 1.29 is 41.2 Å². The van der Waals surface area contributed by atoms with Gasteiger partial charge in [-0.05, 0) is 44.0 Å². The molecule has 2 aromatic rings. The van der Waals surface area contributed by atoms with Gasteiger partial charge in [0, 0.05) is 28.6 Å². The number of alkyl halides is 3. The fourth-order valence-corrected chi connectivity index (χ4v) is 5.45. The standard InChI is InChI=1S/C26H28F3N3O6S/c1-16(25(35)31-17-6-2-3-7-17)32(20-9-5-4-8-19(20)26(27,28)29)24(34)14-39(36)13-23(33)30-18-10-11-21-22(12-18)38-15-37-21/h4-5,8-12,16-17H,2-3,6-7,13-15H2,1H3,(H,30,33)(H,31,35). The molecule has 39 heavy (non-hydrogen) atoms. The van der Waals surface area contributed by atoms with Crippen LogP contribution in [0, 0.1) is 0 Å². The molecule has 0 aromatic heterocycles. The minimum absolute atomic E-state index is 0.0456. The second-order valence-electron chi connectivity index (χ2n) is 9.29. The fourth-order valence-electron chi connectivity index (χ4n) is 4.57. The van der Waals surface area contributed by atoms with Gasteiger partial charge >= 0.3 is 6.18 Å². The number of hydrogen-bond donors (Lipinski definition) is 2. The number of rotatable bonds is 9.